The number of nitrogens with one attached hydrogen (secondary N) is 1. The molecule has 3 heteroatoms. The van der Waals surface area contributed by atoms with Gasteiger partial charge in [-0.05, 0) is 66.8 Å². The Morgan fingerprint density at radius 1 is 1.00 bits per heavy atom. The van der Waals surface area contributed by atoms with Crippen molar-refractivity contribution in [3.8, 4) is 11.5 Å². The van der Waals surface area contributed by atoms with Crippen LogP contribution in [-0.2, 0) is 6.42 Å². The molecule has 0 amide bonds. The molecule has 0 saturated carbocycles. The Bertz CT molecular complexity index is 652. The topological polar surface area (TPSA) is 30.5 Å². The first kappa shape index (κ1) is 13.8. The number of anilines is 1. The Labute approximate surface area is 125 Å². The van der Waals surface area contributed by atoms with Crippen LogP contribution < -0.4 is 14.8 Å². The molecule has 3 nitrogen and oxygen atoms in total. The molecule has 1 unspecified atom stereocenters. The quantitative estimate of drug-likeness (QED) is 0.916. The van der Waals surface area contributed by atoms with Gasteiger partial charge in [-0.1, -0.05) is 6.07 Å². The van der Waals surface area contributed by atoms with Crippen LogP contribution in [0.25, 0.3) is 0 Å². The molecule has 1 N–H and O–H groups in total. The third kappa shape index (κ3) is 2.68. The monoisotopic (exact) mass is 283 g/mol. The number of fused-ring (bicyclic) bond motifs is 1. The van der Waals surface area contributed by atoms with Crippen molar-refractivity contribution in [3.63, 3.8) is 0 Å². The second-order valence-corrected chi connectivity index (χ2v) is 5.48. The van der Waals surface area contributed by atoms with Gasteiger partial charge in [0.05, 0.1) is 20.3 Å². The highest BCUT2D eigenvalue weighted by Crippen LogP contribution is 2.37. The fourth-order valence-corrected chi connectivity index (χ4v) is 2.97. The molecule has 1 aliphatic rings. The van der Waals surface area contributed by atoms with Crippen molar-refractivity contribution in [2.24, 2.45) is 0 Å². The van der Waals surface area contributed by atoms with E-state index in [1.54, 1.807) is 14.2 Å². The maximum Gasteiger partial charge on any atom is 0.119 e. The molecule has 0 spiro atoms. The minimum atomic E-state index is 0.349. The molecule has 0 radical (unpaired) electrons. The molecule has 0 bridgehead atoms. The zero-order valence-electron chi connectivity index (χ0n) is 12.8. The first-order valence-electron chi connectivity index (χ1n) is 7.29. The summed E-state index contributed by atoms with van der Waals surface area (Å²) in [5.74, 6) is 1.82. The maximum absolute atomic E-state index is 5.35. The third-order valence-corrected chi connectivity index (χ3v) is 4.19. The van der Waals surface area contributed by atoms with Gasteiger partial charge >= 0.3 is 0 Å². The number of rotatable bonds is 4. The fraction of sp³-hybridized carbons (Fsp3) is 0.333. The average molecular weight is 283 g/mol. The highest BCUT2D eigenvalue weighted by Gasteiger charge is 2.23. The summed E-state index contributed by atoms with van der Waals surface area (Å²) in [6, 6.07) is 12.9. The smallest absolute Gasteiger partial charge is 0.119 e. The minimum Gasteiger partial charge on any atom is -0.497 e. The summed E-state index contributed by atoms with van der Waals surface area (Å²) in [7, 11) is 3.41. The lowest BCUT2D eigenvalue weighted by Gasteiger charge is -2.18. The minimum absolute atomic E-state index is 0.349. The van der Waals surface area contributed by atoms with Gasteiger partial charge in [0.2, 0.25) is 0 Å². The molecule has 0 fully saturated rings. The SMILES string of the molecule is COc1ccc(NC2CCc3ccc(OC)cc32)c(C)c1. The number of ether oxygens (including phenoxy) is 2. The van der Waals surface area contributed by atoms with Gasteiger partial charge in [0, 0.05) is 5.69 Å². The van der Waals surface area contributed by atoms with E-state index in [-0.39, 0.29) is 0 Å². The van der Waals surface area contributed by atoms with Gasteiger partial charge in [-0.25, -0.2) is 0 Å². The highest BCUT2D eigenvalue weighted by atomic mass is 16.5. The van der Waals surface area contributed by atoms with Crippen LogP contribution in [0.3, 0.4) is 0 Å². The summed E-state index contributed by atoms with van der Waals surface area (Å²) in [6.07, 6.45) is 2.24. The van der Waals surface area contributed by atoms with E-state index in [0.717, 1.165) is 30.0 Å². The highest BCUT2D eigenvalue weighted by molar-refractivity contribution is 5.56. The zero-order valence-corrected chi connectivity index (χ0v) is 12.8. The van der Waals surface area contributed by atoms with Gasteiger partial charge in [-0.3, -0.25) is 0 Å². The summed E-state index contributed by atoms with van der Waals surface area (Å²) in [5, 5.41) is 3.66. The van der Waals surface area contributed by atoms with Gasteiger partial charge in [0.1, 0.15) is 11.5 Å². The average Bonchev–Trinajstić information content (AvgIpc) is 2.91. The number of hydrogen-bond acceptors (Lipinski definition) is 3. The van der Waals surface area contributed by atoms with Crippen LogP contribution in [0.5, 0.6) is 11.5 Å². The summed E-state index contributed by atoms with van der Waals surface area (Å²) in [5.41, 5.74) is 5.13. The van der Waals surface area contributed by atoms with Gasteiger partial charge < -0.3 is 14.8 Å². The van der Waals surface area contributed by atoms with Crippen LogP contribution >= 0.6 is 0 Å². The Morgan fingerprint density at radius 2 is 1.71 bits per heavy atom. The van der Waals surface area contributed by atoms with Crippen molar-refractivity contribution in [1.29, 1.82) is 0 Å². The van der Waals surface area contributed by atoms with Crippen molar-refractivity contribution in [1.82, 2.24) is 0 Å². The first-order chi connectivity index (χ1) is 10.2. The molecular weight excluding hydrogens is 262 g/mol. The van der Waals surface area contributed by atoms with Crippen molar-refractivity contribution in [2.45, 2.75) is 25.8 Å². The second kappa shape index (κ2) is 5.68. The molecular formula is C18H21NO2. The largest absolute Gasteiger partial charge is 0.497 e. The van der Waals surface area contributed by atoms with Crippen LogP contribution in [0.4, 0.5) is 5.69 Å². The Hall–Kier alpha value is -2.16. The summed E-state index contributed by atoms with van der Waals surface area (Å²) in [6.45, 7) is 2.10. The van der Waals surface area contributed by atoms with Crippen LogP contribution in [-0.4, -0.2) is 14.2 Å². The van der Waals surface area contributed by atoms with Crippen LogP contribution in [0, 0.1) is 6.92 Å². The third-order valence-electron chi connectivity index (χ3n) is 4.19. The summed E-state index contributed by atoms with van der Waals surface area (Å²) < 4.78 is 10.6. The lowest BCUT2D eigenvalue weighted by Crippen LogP contribution is -2.08. The molecule has 21 heavy (non-hydrogen) atoms. The maximum atomic E-state index is 5.35. The van der Waals surface area contributed by atoms with E-state index in [0.29, 0.717) is 6.04 Å². The van der Waals surface area contributed by atoms with E-state index in [2.05, 4.69) is 36.5 Å². The molecule has 0 aliphatic heterocycles. The molecule has 0 heterocycles. The van der Waals surface area contributed by atoms with Gasteiger partial charge in [0.15, 0.2) is 0 Å². The predicted octanol–water partition coefficient (Wildman–Crippen LogP) is 4.11. The number of aryl methyl sites for hydroxylation is 2. The molecule has 2 aromatic carbocycles. The summed E-state index contributed by atoms with van der Waals surface area (Å²) in [4.78, 5) is 0. The van der Waals surface area contributed by atoms with Crippen LogP contribution in [0.1, 0.15) is 29.2 Å². The molecule has 0 saturated heterocycles. The normalized spacial score (nSPS) is 16.4. The molecule has 0 aromatic heterocycles. The van der Waals surface area contributed by atoms with Gasteiger partial charge in [-0.15, -0.1) is 0 Å². The second-order valence-electron chi connectivity index (χ2n) is 5.48. The lowest BCUT2D eigenvalue weighted by atomic mass is 10.1. The van der Waals surface area contributed by atoms with E-state index < -0.39 is 0 Å². The molecule has 1 aliphatic carbocycles. The van der Waals surface area contributed by atoms with Crippen molar-refractivity contribution >= 4 is 5.69 Å². The van der Waals surface area contributed by atoms with Crippen molar-refractivity contribution in [2.75, 3.05) is 19.5 Å². The van der Waals surface area contributed by atoms with Crippen molar-refractivity contribution < 1.29 is 9.47 Å². The number of benzene rings is 2. The standard InChI is InChI=1S/C18H21NO2/c1-12-10-14(20-2)7-9-17(12)19-18-8-5-13-4-6-15(21-3)11-16(13)18/h4,6-7,9-11,18-19H,5,8H2,1-3H3. The van der Waals surface area contributed by atoms with Crippen LogP contribution in [0.2, 0.25) is 0 Å². The Morgan fingerprint density at radius 3 is 2.43 bits per heavy atom. The molecule has 1 atom stereocenters. The lowest BCUT2D eigenvalue weighted by molar-refractivity contribution is 0.414. The van der Waals surface area contributed by atoms with Gasteiger partial charge in [0.25, 0.3) is 0 Å². The van der Waals surface area contributed by atoms with E-state index in [4.69, 9.17) is 9.47 Å². The van der Waals surface area contributed by atoms with Gasteiger partial charge in [-0.2, -0.15) is 0 Å². The molecule has 3 rings (SSSR count). The number of hydrogen-bond donors (Lipinski definition) is 1. The fourth-order valence-electron chi connectivity index (χ4n) is 2.97. The summed E-state index contributed by atoms with van der Waals surface area (Å²) >= 11 is 0. The zero-order chi connectivity index (χ0) is 14.8. The van der Waals surface area contributed by atoms with E-state index >= 15 is 0 Å². The first-order valence-corrected chi connectivity index (χ1v) is 7.29. The van der Waals surface area contributed by atoms with Crippen molar-refractivity contribution in [3.05, 3.63) is 53.1 Å². The van der Waals surface area contributed by atoms with E-state index in [1.807, 2.05) is 12.1 Å². The predicted molar refractivity (Wildman–Crippen MR) is 85.4 cm³/mol. The molecule has 110 valence electrons. The Kier molecular flexibility index (Phi) is 3.74. The van der Waals surface area contributed by atoms with E-state index in [9.17, 15) is 0 Å². The molecule has 2 aromatic rings. The van der Waals surface area contributed by atoms with Crippen LogP contribution in [0.15, 0.2) is 36.4 Å². The Balaban J connectivity index is 1.85. The van der Waals surface area contributed by atoms with E-state index in [1.165, 1.54) is 16.7 Å². The number of methoxy groups -OCH3 is 2.